The second kappa shape index (κ2) is 10.3. The van der Waals surface area contributed by atoms with E-state index < -0.39 is 20.9 Å². The molecule has 0 saturated heterocycles. The Labute approximate surface area is 225 Å². The van der Waals surface area contributed by atoms with E-state index in [4.69, 9.17) is 9.47 Å². The van der Waals surface area contributed by atoms with Gasteiger partial charge in [0.15, 0.2) is 22.3 Å². The summed E-state index contributed by atoms with van der Waals surface area (Å²) in [6.07, 6.45) is 2.69. The van der Waals surface area contributed by atoms with Crippen molar-refractivity contribution in [1.29, 1.82) is 0 Å². The predicted molar refractivity (Wildman–Crippen MR) is 141 cm³/mol. The summed E-state index contributed by atoms with van der Waals surface area (Å²) in [6.45, 7) is 4.16. The molecule has 0 aliphatic carbocycles. The van der Waals surface area contributed by atoms with E-state index in [0.29, 0.717) is 26.7 Å². The molecule has 0 bridgehead atoms. The molecule has 0 aliphatic rings. The number of aryl methyl sites for hydroxylation is 1. The smallest absolute Gasteiger partial charge is 0.243 e. The normalized spacial score (nSPS) is 14.1. The van der Waals surface area contributed by atoms with Crippen molar-refractivity contribution in [3.8, 4) is 28.0 Å². The minimum atomic E-state index is -4.40. The molecule has 1 N–H and O–H groups in total. The standard InChI is InChI=1S/C22H23BrFN7O4S2/c1-12-11-36-19(27-12)18-28-29-21(31(18)17-15(34-4)7-6-8-16(17)35-5)30-37(32,33)13(2)22(3,24)20-25-9-14(23)10-26-20/h6-11,13H,1-5H3,(H,29,30)/t13-,22-/m1/s1. The lowest BCUT2D eigenvalue weighted by molar-refractivity contribution is 0.175. The highest BCUT2D eigenvalue weighted by Crippen LogP contribution is 2.39. The Morgan fingerprint density at radius 1 is 1.16 bits per heavy atom. The summed E-state index contributed by atoms with van der Waals surface area (Å²) in [4.78, 5) is 12.4. The Morgan fingerprint density at radius 3 is 2.32 bits per heavy atom. The van der Waals surface area contributed by atoms with Crippen molar-refractivity contribution in [1.82, 2.24) is 29.7 Å². The lowest BCUT2D eigenvalue weighted by atomic mass is 10.0. The molecule has 1 aromatic carbocycles. The Balaban J connectivity index is 1.84. The van der Waals surface area contributed by atoms with Gasteiger partial charge in [0.1, 0.15) is 22.4 Å². The highest BCUT2D eigenvalue weighted by Gasteiger charge is 2.45. The molecule has 15 heteroatoms. The molecule has 0 saturated carbocycles. The van der Waals surface area contributed by atoms with E-state index in [-0.39, 0.29) is 17.6 Å². The lowest BCUT2D eigenvalue weighted by Crippen LogP contribution is -2.41. The molecule has 11 nitrogen and oxygen atoms in total. The number of benzene rings is 1. The number of thiazole rings is 1. The Kier molecular flexibility index (Phi) is 7.48. The van der Waals surface area contributed by atoms with Crippen LogP contribution in [0, 0.1) is 6.92 Å². The van der Waals surface area contributed by atoms with E-state index in [9.17, 15) is 8.42 Å². The van der Waals surface area contributed by atoms with Crippen LogP contribution in [-0.2, 0) is 15.7 Å². The van der Waals surface area contributed by atoms with Gasteiger partial charge in [0, 0.05) is 23.5 Å². The van der Waals surface area contributed by atoms with Crippen molar-refractivity contribution in [2.24, 2.45) is 0 Å². The highest BCUT2D eigenvalue weighted by molar-refractivity contribution is 9.10. The van der Waals surface area contributed by atoms with E-state index in [1.807, 2.05) is 12.3 Å². The molecule has 4 rings (SSSR count). The zero-order valence-corrected chi connectivity index (χ0v) is 23.6. The maximum absolute atomic E-state index is 15.8. The number of aromatic nitrogens is 6. The van der Waals surface area contributed by atoms with Crippen LogP contribution in [0.5, 0.6) is 11.5 Å². The van der Waals surface area contributed by atoms with Gasteiger partial charge in [0.2, 0.25) is 16.0 Å². The van der Waals surface area contributed by atoms with Crippen molar-refractivity contribution < 1.29 is 22.3 Å². The van der Waals surface area contributed by atoms with Gasteiger partial charge in [0.05, 0.1) is 18.7 Å². The third kappa shape index (κ3) is 5.15. The van der Waals surface area contributed by atoms with E-state index in [1.165, 1.54) is 49.4 Å². The largest absolute Gasteiger partial charge is 0.494 e. The van der Waals surface area contributed by atoms with Crippen LogP contribution in [0.1, 0.15) is 25.4 Å². The number of rotatable bonds is 9. The van der Waals surface area contributed by atoms with Gasteiger partial charge in [-0.3, -0.25) is 9.29 Å². The molecular weight excluding hydrogens is 589 g/mol. The SMILES string of the molecule is COc1cccc(OC)c1-n1c(NS(=O)(=O)[C@H](C)[C@@](C)(F)c2ncc(Br)cn2)nnc1-c1nc(C)cs1. The van der Waals surface area contributed by atoms with Crippen molar-refractivity contribution in [3.63, 3.8) is 0 Å². The molecule has 196 valence electrons. The predicted octanol–water partition coefficient (Wildman–Crippen LogP) is 4.28. The van der Waals surface area contributed by atoms with Gasteiger partial charge < -0.3 is 9.47 Å². The molecule has 3 aromatic heterocycles. The monoisotopic (exact) mass is 611 g/mol. The minimum absolute atomic E-state index is 0.204. The van der Waals surface area contributed by atoms with Gasteiger partial charge in [-0.2, -0.15) is 0 Å². The maximum Gasteiger partial charge on any atom is 0.243 e. The number of halogens is 2. The molecule has 4 aromatic rings. The third-order valence-electron chi connectivity index (χ3n) is 5.62. The first-order chi connectivity index (χ1) is 17.5. The molecule has 3 heterocycles. The topological polar surface area (TPSA) is 134 Å². The van der Waals surface area contributed by atoms with Gasteiger partial charge >= 0.3 is 0 Å². The van der Waals surface area contributed by atoms with Crippen molar-refractivity contribution >= 4 is 43.2 Å². The van der Waals surface area contributed by atoms with Crippen molar-refractivity contribution in [3.05, 3.63) is 52.0 Å². The number of hydrogen-bond donors (Lipinski definition) is 1. The molecule has 0 amide bonds. The number of nitrogens with one attached hydrogen (secondary N) is 1. The van der Waals surface area contributed by atoms with Crippen molar-refractivity contribution in [2.45, 2.75) is 31.7 Å². The number of methoxy groups -OCH3 is 2. The number of sulfonamides is 1. The van der Waals surface area contributed by atoms with Crippen LogP contribution in [0.2, 0.25) is 0 Å². The van der Waals surface area contributed by atoms with E-state index >= 15 is 4.39 Å². The highest BCUT2D eigenvalue weighted by atomic mass is 79.9. The van der Waals surface area contributed by atoms with Crippen LogP contribution < -0.4 is 14.2 Å². The summed E-state index contributed by atoms with van der Waals surface area (Å²) in [7, 11) is -1.47. The van der Waals surface area contributed by atoms with Gasteiger partial charge in [-0.25, -0.2) is 27.8 Å². The lowest BCUT2D eigenvalue weighted by Gasteiger charge is -2.26. The molecule has 2 atom stereocenters. The minimum Gasteiger partial charge on any atom is -0.494 e. The summed E-state index contributed by atoms with van der Waals surface area (Å²) in [5.41, 5.74) is -1.35. The summed E-state index contributed by atoms with van der Waals surface area (Å²) < 4.78 is 58.2. The van der Waals surface area contributed by atoms with Gasteiger partial charge in [-0.05, 0) is 48.8 Å². The fourth-order valence-electron chi connectivity index (χ4n) is 3.46. The van der Waals surface area contributed by atoms with Crippen LogP contribution in [0.4, 0.5) is 10.3 Å². The zero-order valence-electron chi connectivity index (χ0n) is 20.4. The first-order valence-electron chi connectivity index (χ1n) is 10.8. The fourth-order valence-corrected chi connectivity index (χ4v) is 5.69. The summed E-state index contributed by atoms with van der Waals surface area (Å²) in [5.74, 6) is 0.484. The maximum atomic E-state index is 15.8. The van der Waals surface area contributed by atoms with Crippen LogP contribution in [-0.4, -0.2) is 57.6 Å². The fraction of sp³-hybridized carbons (Fsp3) is 0.318. The molecule has 0 unspecified atom stereocenters. The zero-order chi connectivity index (χ0) is 27.0. The van der Waals surface area contributed by atoms with Gasteiger partial charge in [-0.1, -0.05) is 6.07 Å². The van der Waals surface area contributed by atoms with E-state index in [0.717, 1.165) is 12.6 Å². The summed E-state index contributed by atoms with van der Waals surface area (Å²) in [6, 6.07) is 5.08. The number of para-hydroxylation sites is 1. The number of nitrogens with zero attached hydrogens (tertiary/aromatic N) is 6. The number of ether oxygens (including phenoxy) is 2. The number of hydrogen-bond acceptors (Lipinski definition) is 10. The molecule has 0 radical (unpaired) electrons. The van der Waals surface area contributed by atoms with E-state index in [1.54, 1.807) is 18.2 Å². The van der Waals surface area contributed by atoms with Gasteiger partial charge in [-0.15, -0.1) is 21.5 Å². The van der Waals surface area contributed by atoms with Crippen LogP contribution >= 0.6 is 27.3 Å². The van der Waals surface area contributed by atoms with Gasteiger partial charge in [0.25, 0.3) is 0 Å². The summed E-state index contributed by atoms with van der Waals surface area (Å²) in [5, 5.41) is 8.97. The average Bonchev–Trinajstić information content (AvgIpc) is 3.48. The van der Waals surface area contributed by atoms with Crippen LogP contribution in [0.15, 0.2) is 40.4 Å². The first-order valence-corrected chi connectivity index (χ1v) is 14.0. The average molecular weight is 613 g/mol. The quantitative estimate of drug-likeness (QED) is 0.294. The third-order valence-corrected chi connectivity index (χ3v) is 8.82. The second-order valence-corrected chi connectivity index (χ2v) is 11.9. The Morgan fingerprint density at radius 2 is 1.78 bits per heavy atom. The van der Waals surface area contributed by atoms with Crippen molar-refractivity contribution in [2.75, 3.05) is 18.9 Å². The van der Waals surface area contributed by atoms with E-state index in [2.05, 4.69) is 45.8 Å². The van der Waals surface area contributed by atoms with Crippen LogP contribution in [0.3, 0.4) is 0 Å². The number of anilines is 1. The molecular formula is C22H23BrFN7O4S2. The second-order valence-electron chi connectivity index (χ2n) is 8.08. The molecule has 37 heavy (non-hydrogen) atoms. The molecule has 0 fully saturated rings. The molecule has 0 spiro atoms. The first kappa shape index (κ1) is 26.9. The Bertz CT molecular complexity index is 1500. The molecule has 0 aliphatic heterocycles. The Hall–Kier alpha value is -3.17. The van der Waals surface area contributed by atoms with Crippen LogP contribution in [0.25, 0.3) is 16.5 Å². The number of alkyl halides is 1. The summed E-state index contributed by atoms with van der Waals surface area (Å²) >= 11 is 4.49.